The van der Waals surface area contributed by atoms with Crippen LogP contribution in [0.2, 0.25) is 9.63 Å². The van der Waals surface area contributed by atoms with Crippen molar-refractivity contribution in [2.75, 3.05) is 0 Å². The van der Waals surface area contributed by atoms with Gasteiger partial charge in [0.15, 0.2) is 0 Å². The third-order valence-corrected chi connectivity index (χ3v) is 17.9. The van der Waals surface area contributed by atoms with Gasteiger partial charge in [-0.3, -0.25) is 0 Å². The van der Waals surface area contributed by atoms with Gasteiger partial charge >= 0.3 is 394 Å². The van der Waals surface area contributed by atoms with Gasteiger partial charge in [0, 0.05) is 0 Å². The van der Waals surface area contributed by atoms with Gasteiger partial charge < -0.3 is 0 Å². The second-order valence-electron chi connectivity index (χ2n) is 16.8. The zero-order valence-electron chi connectivity index (χ0n) is 36.4. The van der Waals surface area contributed by atoms with Crippen LogP contribution in [-0.2, 0) is 0 Å². The van der Waals surface area contributed by atoms with Crippen LogP contribution in [0, 0.1) is 9.06 Å². The zero-order valence-corrected chi connectivity index (χ0v) is 39.7. The Bertz CT molecular complexity index is 3690. The third-order valence-electron chi connectivity index (χ3n) is 12.6. The summed E-state index contributed by atoms with van der Waals surface area (Å²) < 4.78 is 4.89. The molecule has 8 heterocycles. The van der Waals surface area contributed by atoms with Crippen LogP contribution in [0.3, 0.4) is 0 Å². The molecule has 4 atom stereocenters. The zero-order chi connectivity index (χ0) is 44.5. The Kier molecular flexibility index (Phi) is 11.4. The molecule has 0 saturated carbocycles. The molecular weight excluding hydrogens is 920 g/mol. The van der Waals surface area contributed by atoms with Gasteiger partial charge in [-0.15, -0.1) is 0 Å². The average Bonchev–Trinajstić information content (AvgIpc) is 4.24. The Hall–Kier alpha value is -6.96. The second kappa shape index (κ2) is 18.4. The number of allylic oxidation sites excluding steroid dienone is 9. The van der Waals surface area contributed by atoms with Crippen LogP contribution in [0.25, 0.3) is 28.0 Å². The van der Waals surface area contributed by atoms with Crippen LogP contribution < -0.4 is 25.1 Å². The van der Waals surface area contributed by atoms with Gasteiger partial charge in [-0.05, 0) is 0 Å². The molecule has 7 heteroatoms. The van der Waals surface area contributed by atoms with Crippen LogP contribution in [-0.4, -0.2) is 43.4 Å². The predicted molar refractivity (Wildman–Crippen MR) is 283 cm³/mol. The molecule has 3 aromatic heterocycles. The van der Waals surface area contributed by atoms with Crippen molar-refractivity contribution < 1.29 is 0 Å². The summed E-state index contributed by atoms with van der Waals surface area (Å²) in [5, 5.41) is 6.17. The number of fused-ring (bicyclic) bond motifs is 13. The minimum atomic E-state index is -0.111. The molecule has 322 valence electrons. The Morgan fingerprint density at radius 2 is 0.925 bits per heavy atom. The number of benzene rings is 4. The van der Waals surface area contributed by atoms with Crippen LogP contribution >= 0.6 is 22.7 Å². The summed E-state index contributed by atoms with van der Waals surface area (Å²) in [7, 11) is 0. The molecule has 0 fully saturated rings. The summed E-state index contributed by atoms with van der Waals surface area (Å²) >= 11 is 3.73. The first-order valence-electron chi connectivity index (χ1n) is 22.7. The minimum absolute atomic E-state index is 0.0515. The number of aromatic nitrogens is 1. The van der Waals surface area contributed by atoms with E-state index in [-0.39, 0.29) is 36.7 Å². The Morgan fingerprint density at radius 3 is 1.61 bits per heavy atom. The van der Waals surface area contributed by atoms with Crippen molar-refractivity contribution in [3.05, 3.63) is 287 Å². The molecule has 4 nitrogen and oxygen atoms in total. The van der Waals surface area contributed by atoms with Gasteiger partial charge in [-0.1, -0.05) is 12.1 Å². The SMILES string of the molecule is C1=CC2NC(C=C1)/C(c1ccccc1)=c1/cc/c(s1)=c1\cc/c(s1)=C(\c1ccccc1)C1=N/C(=c3/cc/c([nH]3)=C(\c3ccccc3)C3C=CC=CC([Se]3)/C(c3ccccc3)=C3\C=CC2=N3)C=C1. The molecular formula is C60H44N4S2Se. The van der Waals surface area contributed by atoms with Gasteiger partial charge in [0.1, 0.15) is 0 Å². The van der Waals surface area contributed by atoms with E-state index in [0.717, 1.165) is 44.7 Å². The molecule has 0 saturated heterocycles. The molecule has 0 amide bonds. The molecule has 7 aromatic rings. The molecule has 0 radical (unpaired) electrons. The quantitative estimate of drug-likeness (QED) is 0.170. The third kappa shape index (κ3) is 8.31. The number of hydrogen-bond acceptors (Lipinski definition) is 5. The van der Waals surface area contributed by atoms with E-state index in [1.807, 2.05) is 22.7 Å². The van der Waals surface area contributed by atoms with E-state index in [4.69, 9.17) is 9.98 Å². The van der Waals surface area contributed by atoms with Gasteiger partial charge in [-0.2, -0.15) is 0 Å². The number of H-pyrrole nitrogens is 1. The Labute approximate surface area is 403 Å². The van der Waals surface area contributed by atoms with Crippen molar-refractivity contribution in [3.63, 3.8) is 0 Å². The van der Waals surface area contributed by atoms with Crippen LogP contribution in [0.15, 0.2) is 246 Å². The molecule has 4 unspecified atom stereocenters. The average molecular weight is 964 g/mol. The van der Waals surface area contributed by atoms with Crippen molar-refractivity contribution in [3.8, 4) is 0 Å². The van der Waals surface area contributed by atoms with Crippen molar-refractivity contribution in [2.45, 2.75) is 21.7 Å². The van der Waals surface area contributed by atoms with Crippen LogP contribution in [0.5, 0.6) is 0 Å². The van der Waals surface area contributed by atoms with Crippen molar-refractivity contribution in [2.24, 2.45) is 9.98 Å². The normalized spacial score (nSPS) is 25.8. The van der Waals surface area contributed by atoms with Gasteiger partial charge in [0.25, 0.3) is 0 Å². The number of nitrogens with zero attached hydrogens (tertiary/aromatic N) is 2. The van der Waals surface area contributed by atoms with E-state index < -0.39 is 0 Å². The fourth-order valence-corrected chi connectivity index (χ4v) is 14.9. The summed E-state index contributed by atoms with van der Waals surface area (Å²) in [6, 6.07) is 56.8. The number of hydrogen-bond donors (Lipinski definition) is 2. The second-order valence-corrected chi connectivity index (χ2v) is 21.7. The topological polar surface area (TPSA) is 52.5 Å². The molecule has 2 N–H and O–H groups in total. The van der Waals surface area contributed by atoms with E-state index in [2.05, 4.69) is 241 Å². The summed E-state index contributed by atoms with van der Waals surface area (Å²) in [4.78, 5) is 15.1. The first-order chi connectivity index (χ1) is 33.2. The van der Waals surface area contributed by atoms with E-state index in [1.165, 1.54) is 51.5 Å². The molecule has 5 aliphatic rings. The standard InChI is InChI=1S/C60H44N4S2Se/c1-5-17-39(18-6-1)57-47-26-14-13-25-43(61-47)44-30-33-49(63-44)59(41-21-9-3-10-22-41)55-27-15-16-28-56(67-55)60(42-23-11-4-12-24-42)50-34-31-46(64-50)45-29-32-48(62-45)58(40-19-7-2-8-20-40)54-38-36-52(66-54)51-35-37-53(57)65-51/h1-38,43,47,55-56,61,64H/b46-45-,52-51-,57-53-,58-54-,59-49+,60-50-. The summed E-state index contributed by atoms with van der Waals surface area (Å²) in [5.74, 6) is 0. The summed E-state index contributed by atoms with van der Waals surface area (Å²) in [6.07, 6.45) is 27.0. The van der Waals surface area contributed by atoms with E-state index >= 15 is 0 Å². The summed E-state index contributed by atoms with van der Waals surface area (Å²) in [6.45, 7) is 0. The van der Waals surface area contributed by atoms with Gasteiger partial charge in [-0.25, -0.2) is 0 Å². The maximum absolute atomic E-state index is 5.54. The Balaban J connectivity index is 1.12. The first-order valence-corrected chi connectivity index (χ1v) is 26.3. The van der Waals surface area contributed by atoms with Crippen molar-refractivity contribution in [1.82, 2.24) is 10.3 Å². The van der Waals surface area contributed by atoms with E-state index in [1.54, 1.807) is 0 Å². The molecule has 0 spiro atoms. The maximum atomic E-state index is 5.54. The molecule has 0 aliphatic carbocycles. The molecule has 14 bridgehead atoms. The van der Waals surface area contributed by atoms with Gasteiger partial charge in [0.05, 0.1) is 0 Å². The van der Waals surface area contributed by atoms with Crippen molar-refractivity contribution in [1.29, 1.82) is 0 Å². The summed E-state index contributed by atoms with van der Waals surface area (Å²) in [5.41, 5.74) is 13.6. The van der Waals surface area contributed by atoms with Crippen LogP contribution in [0.1, 0.15) is 22.3 Å². The van der Waals surface area contributed by atoms with Crippen LogP contribution in [0.4, 0.5) is 0 Å². The predicted octanol–water partition coefficient (Wildman–Crippen LogP) is 10.1. The molecule has 67 heavy (non-hydrogen) atoms. The van der Waals surface area contributed by atoms with E-state index in [9.17, 15) is 0 Å². The first kappa shape index (κ1) is 41.5. The van der Waals surface area contributed by atoms with E-state index in [0.29, 0.717) is 0 Å². The number of aromatic amines is 1. The van der Waals surface area contributed by atoms with Gasteiger partial charge in [0.2, 0.25) is 0 Å². The molecule has 4 aromatic carbocycles. The van der Waals surface area contributed by atoms with Crippen molar-refractivity contribution >= 4 is 77.0 Å². The monoisotopic (exact) mass is 964 g/mol. The molecule has 5 aliphatic heterocycles. The number of nitrogens with one attached hydrogen (secondary N) is 2. The number of aliphatic imine (C=N–C) groups is 2. The fraction of sp³-hybridized carbons (Fsp3) is 0.0667. The number of rotatable bonds is 4. The Morgan fingerprint density at radius 1 is 0.403 bits per heavy atom. The fourth-order valence-electron chi connectivity index (χ4n) is 9.48. The number of thiophene rings is 2. The molecule has 12 rings (SSSR count).